The Morgan fingerprint density at radius 1 is 1.18 bits per heavy atom. The zero-order chi connectivity index (χ0) is 13.7. The van der Waals surface area contributed by atoms with Crippen molar-refractivity contribution in [2.24, 2.45) is 0 Å². The quantitative estimate of drug-likeness (QED) is 0.601. The Hall–Kier alpha value is -1.11. The molecule has 2 N–H and O–H groups in total. The zero-order valence-electron chi connectivity index (χ0n) is 9.77. The van der Waals surface area contributed by atoms with E-state index in [0.717, 1.165) is 0 Å². The van der Waals surface area contributed by atoms with Crippen LogP contribution in [0.3, 0.4) is 0 Å². The molecule has 0 saturated carbocycles. The summed E-state index contributed by atoms with van der Waals surface area (Å²) in [5.74, 6) is -1.61. The molecule has 0 aromatic carbocycles. The van der Waals surface area contributed by atoms with Gasteiger partial charge in [-0.15, -0.1) is 0 Å². The third kappa shape index (κ3) is 8.67. The molecule has 0 fully saturated rings. The van der Waals surface area contributed by atoms with Gasteiger partial charge < -0.3 is 15.4 Å². The molecule has 17 heavy (non-hydrogen) atoms. The standard InChI is InChI=1S/C9H15ClF2N2O3/c1-8(2,3)17-7(16)14-5-4-13-6(15)9(10,11)12/h4-5H2,1-3H3,(H,13,15)(H,14,16). The van der Waals surface area contributed by atoms with Gasteiger partial charge in [0.1, 0.15) is 5.60 Å². The van der Waals surface area contributed by atoms with Crippen LogP contribution < -0.4 is 10.6 Å². The molecule has 0 aliphatic heterocycles. The summed E-state index contributed by atoms with van der Waals surface area (Å²) in [6.45, 7) is 4.85. The molecule has 5 nitrogen and oxygen atoms in total. The van der Waals surface area contributed by atoms with E-state index in [-0.39, 0.29) is 13.1 Å². The van der Waals surface area contributed by atoms with Gasteiger partial charge >= 0.3 is 17.4 Å². The number of carbonyl (C=O) groups excluding carboxylic acids is 2. The molecule has 0 aromatic heterocycles. The minimum atomic E-state index is -3.94. The van der Waals surface area contributed by atoms with Crippen LogP contribution in [0.5, 0.6) is 0 Å². The Bertz CT molecular complexity index is 287. The molecule has 8 heteroatoms. The van der Waals surface area contributed by atoms with Crippen LogP contribution in [0.1, 0.15) is 20.8 Å². The summed E-state index contributed by atoms with van der Waals surface area (Å²) in [5.41, 5.74) is -0.642. The zero-order valence-corrected chi connectivity index (χ0v) is 10.5. The lowest BCUT2D eigenvalue weighted by Crippen LogP contribution is -2.41. The van der Waals surface area contributed by atoms with E-state index in [2.05, 4.69) is 16.9 Å². The van der Waals surface area contributed by atoms with E-state index in [1.165, 1.54) is 0 Å². The molecular formula is C9H15ClF2N2O3. The van der Waals surface area contributed by atoms with Crippen LogP contribution in [0.4, 0.5) is 13.6 Å². The normalized spacial score (nSPS) is 11.9. The lowest BCUT2D eigenvalue weighted by Gasteiger charge is -2.19. The largest absolute Gasteiger partial charge is 0.444 e. The van der Waals surface area contributed by atoms with Gasteiger partial charge in [0.25, 0.3) is 0 Å². The number of carbonyl (C=O) groups is 2. The molecule has 0 radical (unpaired) electrons. The first-order valence-electron chi connectivity index (χ1n) is 4.84. The van der Waals surface area contributed by atoms with Crippen molar-refractivity contribution < 1.29 is 23.1 Å². The lowest BCUT2D eigenvalue weighted by atomic mass is 10.2. The Kier molecular flexibility index (Phi) is 5.60. The second kappa shape index (κ2) is 6.00. The summed E-state index contributed by atoms with van der Waals surface area (Å²) < 4.78 is 29.2. The van der Waals surface area contributed by atoms with E-state index < -0.39 is 23.0 Å². The Morgan fingerprint density at radius 3 is 2.06 bits per heavy atom. The van der Waals surface area contributed by atoms with Crippen molar-refractivity contribution >= 4 is 23.6 Å². The SMILES string of the molecule is CC(C)(C)OC(=O)NCCNC(=O)C(F)(F)Cl. The fourth-order valence-corrected chi connectivity index (χ4v) is 0.822. The fourth-order valence-electron chi connectivity index (χ4n) is 0.755. The molecule has 0 unspecified atom stereocenters. The summed E-state index contributed by atoms with van der Waals surface area (Å²) in [6, 6.07) is 0. The van der Waals surface area contributed by atoms with E-state index in [9.17, 15) is 18.4 Å². The van der Waals surface area contributed by atoms with Crippen molar-refractivity contribution in [3.63, 3.8) is 0 Å². The molecule has 0 aromatic rings. The number of hydrogen-bond donors (Lipinski definition) is 2. The van der Waals surface area contributed by atoms with Crippen molar-refractivity contribution in [3.05, 3.63) is 0 Å². The smallest absolute Gasteiger partial charge is 0.407 e. The van der Waals surface area contributed by atoms with Crippen LogP contribution in [0.15, 0.2) is 0 Å². The molecule has 2 amide bonds. The maximum Gasteiger partial charge on any atom is 0.407 e. The van der Waals surface area contributed by atoms with Crippen LogP contribution in [0, 0.1) is 0 Å². The van der Waals surface area contributed by atoms with Crippen molar-refractivity contribution in [2.45, 2.75) is 31.8 Å². The van der Waals surface area contributed by atoms with Crippen molar-refractivity contribution in [1.82, 2.24) is 10.6 Å². The van der Waals surface area contributed by atoms with Gasteiger partial charge in [0, 0.05) is 13.1 Å². The maximum atomic E-state index is 12.2. The van der Waals surface area contributed by atoms with E-state index in [4.69, 9.17) is 4.74 Å². The highest BCUT2D eigenvalue weighted by Crippen LogP contribution is 2.17. The summed E-state index contributed by atoms with van der Waals surface area (Å²) in [5, 5.41) is 0.193. The minimum absolute atomic E-state index is 0.0341. The van der Waals surface area contributed by atoms with Crippen LogP contribution >= 0.6 is 11.6 Å². The van der Waals surface area contributed by atoms with Gasteiger partial charge in [-0.25, -0.2) is 4.79 Å². The molecule has 0 rings (SSSR count). The van der Waals surface area contributed by atoms with Gasteiger partial charge in [0.05, 0.1) is 0 Å². The number of ether oxygens (including phenoxy) is 1. The maximum absolute atomic E-state index is 12.2. The van der Waals surface area contributed by atoms with Crippen molar-refractivity contribution in [2.75, 3.05) is 13.1 Å². The lowest BCUT2D eigenvalue weighted by molar-refractivity contribution is -0.135. The third-order valence-electron chi connectivity index (χ3n) is 1.34. The van der Waals surface area contributed by atoms with Crippen LogP contribution in [-0.4, -0.2) is 36.1 Å². The minimum Gasteiger partial charge on any atom is -0.444 e. The predicted molar refractivity (Wildman–Crippen MR) is 58.0 cm³/mol. The highest BCUT2D eigenvalue weighted by Gasteiger charge is 2.35. The van der Waals surface area contributed by atoms with Crippen LogP contribution in [0.2, 0.25) is 0 Å². The Morgan fingerprint density at radius 2 is 1.65 bits per heavy atom. The highest BCUT2D eigenvalue weighted by atomic mass is 35.5. The number of hydrogen-bond acceptors (Lipinski definition) is 3. The average molecular weight is 273 g/mol. The molecule has 0 aliphatic rings. The third-order valence-corrected chi connectivity index (χ3v) is 1.51. The van der Waals surface area contributed by atoms with Crippen molar-refractivity contribution in [3.8, 4) is 0 Å². The molecule has 100 valence electrons. The summed E-state index contributed by atoms with van der Waals surface area (Å²) in [4.78, 5) is 21.7. The monoisotopic (exact) mass is 272 g/mol. The Balaban J connectivity index is 3.73. The molecule has 0 spiro atoms. The first kappa shape index (κ1) is 15.9. The van der Waals surface area contributed by atoms with E-state index in [0.29, 0.717) is 0 Å². The van der Waals surface area contributed by atoms with E-state index >= 15 is 0 Å². The second-order valence-corrected chi connectivity index (χ2v) is 4.66. The second-order valence-electron chi connectivity index (χ2n) is 4.18. The summed E-state index contributed by atoms with van der Waals surface area (Å²) in [6.07, 6.45) is -0.690. The predicted octanol–water partition coefficient (Wildman–Crippen LogP) is 1.46. The number of alkyl carbamates (subject to hydrolysis) is 1. The van der Waals surface area contributed by atoms with Gasteiger partial charge in [-0.1, -0.05) is 0 Å². The molecule has 0 aliphatic carbocycles. The van der Waals surface area contributed by atoms with Gasteiger partial charge in [0.2, 0.25) is 0 Å². The average Bonchev–Trinajstić information content (AvgIpc) is 2.07. The van der Waals surface area contributed by atoms with Crippen molar-refractivity contribution in [1.29, 1.82) is 0 Å². The van der Waals surface area contributed by atoms with Gasteiger partial charge in [-0.2, -0.15) is 8.78 Å². The summed E-state index contributed by atoms with van der Waals surface area (Å²) in [7, 11) is 0. The topological polar surface area (TPSA) is 67.4 Å². The number of rotatable bonds is 4. The molecule has 0 saturated heterocycles. The van der Waals surface area contributed by atoms with Crippen LogP contribution in [-0.2, 0) is 9.53 Å². The number of alkyl halides is 3. The van der Waals surface area contributed by atoms with Gasteiger partial charge in [-0.3, -0.25) is 4.79 Å². The van der Waals surface area contributed by atoms with E-state index in [1.807, 2.05) is 5.32 Å². The molecule has 0 bridgehead atoms. The molecule has 0 heterocycles. The van der Waals surface area contributed by atoms with Gasteiger partial charge in [0.15, 0.2) is 0 Å². The number of amides is 2. The highest BCUT2D eigenvalue weighted by molar-refractivity contribution is 6.32. The number of nitrogens with one attached hydrogen (secondary N) is 2. The fraction of sp³-hybridized carbons (Fsp3) is 0.778. The van der Waals surface area contributed by atoms with Gasteiger partial charge in [-0.05, 0) is 32.4 Å². The molecular weight excluding hydrogens is 258 g/mol. The Labute approximate surface area is 103 Å². The molecule has 0 atom stereocenters. The summed E-state index contributed by atoms with van der Waals surface area (Å²) >= 11 is 4.45. The van der Waals surface area contributed by atoms with E-state index in [1.54, 1.807) is 20.8 Å². The first-order valence-corrected chi connectivity index (χ1v) is 5.22. The van der Waals surface area contributed by atoms with Crippen LogP contribution in [0.25, 0.3) is 0 Å². The number of halogens is 3. The first-order chi connectivity index (χ1) is 7.52.